The van der Waals surface area contributed by atoms with Crippen LogP contribution in [-0.2, 0) is 43.0 Å². The largest absolute Gasteiger partial charge is 0.676 e. The molecule has 0 aliphatic carbocycles. The number of phosphoric ester groups is 1. The predicted molar refractivity (Wildman–Crippen MR) is 68.1 cm³/mol. The zero-order chi connectivity index (χ0) is 13.7. The summed E-state index contributed by atoms with van der Waals surface area (Å²) in [6.45, 7) is 8.42. The maximum atomic E-state index is 11.7. The molecule has 0 heterocycles. The van der Waals surface area contributed by atoms with Gasteiger partial charge in [0.15, 0.2) is 0 Å². The van der Waals surface area contributed by atoms with Gasteiger partial charge in [-0.3, -0.25) is 13.6 Å². The molecule has 0 aliphatic heterocycles. The minimum atomic E-state index is -3.43. The second kappa shape index (κ2) is 15.7. The summed E-state index contributed by atoms with van der Waals surface area (Å²) in [4.78, 5) is 0. The zero-order valence-corrected chi connectivity index (χ0v) is 15.0. The Kier molecular flexibility index (Phi) is 20.8. The van der Waals surface area contributed by atoms with Crippen LogP contribution in [0.3, 0.4) is 0 Å². The molecule has 0 aromatic rings. The molecule has 1 N–H and O–H groups in total. The molecule has 1 atom stereocenters. The van der Waals surface area contributed by atoms with Crippen LogP contribution in [0, 0.1) is 0 Å². The minimum Gasteiger partial charge on any atom is -0.676 e. The summed E-state index contributed by atoms with van der Waals surface area (Å²) < 4.78 is 31.3. The topological polar surface area (TPSA) is 77.8 Å². The van der Waals surface area contributed by atoms with Crippen molar-refractivity contribution in [3.63, 3.8) is 0 Å². The van der Waals surface area contributed by atoms with Gasteiger partial charge in [0.1, 0.15) is 0 Å². The summed E-state index contributed by atoms with van der Waals surface area (Å²) in [5.74, 6) is 0. The summed E-state index contributed by atoms with van der Waals surface area (Å²) in [5, 5.41) is 0. The van der Waals surface area contributed by atoms with E-state index < -0.39 is 7.82 Å². The Bertz CT molecular complexity index is 207. The number of phosphoric acid groups is 1. The van der Waals surface area contributed by atoms with E-state index >= 15 is 0 Å². The maximum Gasteiger partial charge on any atom is 0.474 e. The molecule has 0 aromatic heterocycles. The number of rotatable bonds is 9. The van der Waals surface area contributed by atoms with Crippen LogP contribution < -0.4 is 0 Å². The van der Waals surface area contributed by atoms with Gasteiger partial charge in [-0.1, -0.05) is 13.8 Å². The normalized spacial score (nSPS) is 13.3. The quantitative estimate of drug-likeness (QED) is 0.388. The Morgan fingerprint density at radius 1 is 1.17 bits per heavy atom. The summed E-state index contributed by atoms with van der Waals surface area (Å²) >= 11 is 0. The van der Waals surface area contributed by atoms with E-state index in [1.807, 2.05) is 13.8 Å². The molecule has 1 radical (unpaired) electrons. The van der Waals surface area contributed by atoms with Gasteiger partial charge in [-0.15, -0.1) is 6.54 Å². The van der Waals surface area contributed by atoms with E-state index in [-0.39, 0.29) is 46.0 Å². The van der Waals surface area contributed by atoms with Gasteiger partial charge in [-0.2, -0.15) is 0 Å². The van der Waals surface area contributed by atoms with Crippen molar-refractivity contribution in [3.8, 4) is 0 Å². The van der Waals surface area contributed by atoms with Gasteiger partial charge < -0.3 is 10.5 Å². The van der Waals surface area contributed by atoms with Crippen molar-refractivity contribution < 1.29 is 43.0 Å². The van der Waals surface area contributed by atoms with Gasteiger partial charge in [0.2, 0.25) is 0 Å². The van der Waals surface area contributed by atoms with E-state index in [0.29, 0.717) is 6.61 Å². The monoisotopic (exact) mass is 463 g/mol. The van der Waals surface area contributed by atoms with Crippen LogP contribution in [0.25, 0.3) is 5.73 Å². The van der Waals surface area contributed by atoms with Crippen molar-refractivity contribution in [2.45, 2.75) is 33.8 Å². The van der Waals surface area contributed by atoms with Gasteiger partial charge in [0.05, 0.1) is 19.3 Å². The van der Waals surface area contributed by atoms with Crippen LogP contribution >= 0.6 is 7.82 Å². The third kappa shape index (κ3) is 14.7. The van der Waals surface area contributed by atoms with E-state index in [0.717, 1.165) is 0 Å². The number of nitrogens with one attached hydrogen (secondary N) is 1. The molecule has 0 rings (SSSR count). The second-order valence-corrected chi connectivity index (χ2v) is 4.71. The summed E-state index contributed by atoms with van der Waals surface area (Å²) in [7, 11) is -2.16. The summed E-state index contributed by atoms with van der Waals surface area (Å²) in [6, 6.07) is 0. The Hall–Kier alpha value is 0.679. The fraction of sp³-hybridized carbons (Fsp3) is 1.00. The van der Waals surface area contributed by atoms with Crippen LogP contribution in [0.15, 0.2) is 0 Å². The molecule has 0 amide bonds. The number of hydrogen-bond donors (Lipinski definition) is 0. The molecule has 0 saturated carbocycles. The molecule has 0 aromatic carbocycles. The average molecular weight is 463 g/mol. The molecule has 0 bridgehead atoms. The average Bonchev–Trinajstić information content (AvgIpc) is 2.30. The Balaban J connectivity index is -0.000000709. The van der Waals surface area contributed by atoms with Gasteiger partial charge >= 0.3 is 7.82 Å². The molecule has 1 unspecified atom stereocenters. The Morgan fingerprint density at radius 3 is 2.11 bits per heavy atom. The first-order valence-corrected chi connectivity index (χ1v) is 7.21. The Labute approximate surface area is 124 Å². The third-order valence-electron chi connectivity index (χ3n) is 1.29. The second-order valence-electron chi connectivity index (χ2n) is 2.98. The fourth-order valence-electron chi connectivity index (χ4n) is 0.767. The van der Waals surface area contributed by atoms with Crippen molar-refractivity contribution in [2.24, 2.45) is 0 Å². The first-order valence-electron chi connectivity index (χ1n) is 5.75. The first kappa shape index (κ1) is 23.7. The van der Waals surface area contributed by atoms with Crippen molar-refractivity contribution in [3.05, 3.63) is 5.73 Å². The van der Waals surface area contributed by atoms with Crippen LogP contribution in [-0.4, -0.2) is 39.6 Å². The number of ether oxygens (including phenoxy) is 1. The predicted octanol–water partition coefficient (Wildman–Crippen LogP) is 3.28. The molecule has 0 fully saturated rings. The van der Waals surface area contributed by atoms with Gasteiger partial charge in [0, 0.05) is 33.8 Å². The van der Waals surface area contributed by atoms with E-state index in [9.17, 15) is 4.57 Å². The SMILES string of the molecule is CC.COP(=O)(OCCOCC[NH-])OC(C)C.[Ir]. The van der Waals surface area contributed by atoms with Crippen molar-refractivity contribution in [1.82, 2.24) is 0 Å². The minimum absolute atomic E-state index is 0. The first-order chi connectivity index (χ1) is 8.04. The van der Waals surface area contributed by atoms with Crippen LogP contribution in [0.4, 0.5) is 0 Å². The van der Waals surface area contributed by atoms with Crippen molar-refractivity contribution >= 4 is 7.82 Å². The summed E-state index contributed by atoms with van der Waals surface area (Å²) in [5.41, 5.74) is 6.82. The van der Waals surface area contributed by atoms with Crippen LogP contribution in [0.5, 0.6) is 0 Å². The smallest absolute Gasteiger partial charge is 0.474 e. The molecule has 115 valence electrons. The van der Waals surface area contributed by atoms with Crippen LogP contribution in [0.1, 0.15) is 27.7 Å². The zero-order valence-electron chi connectivity index (χ0n) is 11.7. The number of hydrogen-bond acceptors (Lipinski definition) is 5. The molecule has 0 aliphatic rings. The molecule has 0 spiro atoms. The maximum absolute atomic E-state index is 11.7. The van der Waals surface area contributed by atoms with Crippen molar-refractivity contribution in [2.75, 3.05) is 33.5 Å². The third-order valence-corrected chi connectivity index (χ3v) is 2.91. The van der Waals surface area contributed by atoms with E-state index in [1.165, 1.54) is 7.11 Å². The molecule has 18 heavy (non-hydrogen) atoms. The van der Waals surface area contributed by atoms with Crippen molar-refractivity contribution in [1.29, 1.82) is 0 Å². The molecule has 0 saturated heterocycles. The van der Waals surface area contributed by atoms with Gasteiger partial charge in [-0.05, 0) is 13.8 Å². The van der Waals surface area contributed by atoms with E-state index in [2.05, 4.69) is 4.52 Å². The standard InChI is InChI=1S/C8H19NO5P.C2H6.Ir/c1-8(2)14-15(10,11-3)13-7-6-12-5-4-9;1-2;/h8-9H,4-7H2,1-3H3;1-2H3;/q-1;;. The van der Waals surface area contributed by atoms with E-state index in [4.69, 9.17) is 19.5 Å². The van der Waals surface area contributed by atoms with E-state index in [1.54, 1.807) is 13.8 Å². The molecule has 8 heteroatoms. The Morgan fingerprint density at radius 2 is 1.72 bits per heavy atom. The molecular weight excluding hydrogens is 437 g/mol. The van der Waals surface area contributed by atoms with Gasteiger partial charge in [-0.25, -0.2) is 4.57 Å². The summed E-state index contributed by atoms with van der Waals surface area (Å²) in [6.07, 6.45) is -0.232. The molecule has 6 nitrogen and oxygen atoms in total. The fourth-order valence-corrected chi connectivity index (χ4v) is 1.83. The molecular formula is C10H25IrNO5P-. The van der Waals surface area contributed by atoms with Gasteiger partial charge in [0.25, 0.3) is 0 Å². The van der Waals surface area contributed by atoms with Crippen LogP contribution in [0.2, 0.25) is 0 Å².